The highest BCUT2D eigenvalue weighted by Crippen LogP contribution is 2.17. The van der Waals surface area contributed by atoms with Gasteiger partial charge in [-0.3, -0.25) is 4.90 Å². The van der Waals surface area contributed by atoms with Crippen molar-refractivity contribution in [2.75, 3.05) is 14.1 Å². The highest BCUT2D eigenvalue weighted by molar-refractivity contribution is 6.31. The molecular weight excluding hydrogens is 196 g/mol. The van der Waals surface area contributed by atoms with Gasteiger partial charge in [-0.2, -0.15) is 5.26 Å². The van der Waals surface area contributed by atoms with Gasteiger partial charge in [-0.25, -0.2) is 0 Å². The molecule has 0 fully saturated rings. The first kappa shape index (κ1) is 11.0. The van der Waals surface area contributed by atoms with Crippen molar-refractivity contribution in [1.82, 2.24) is 4.90 Å². The van der Waals surface area contributed by atoms with Crippen molar-refractivity contribution in [3.63, 3.8) is 0 Å². The van der Waals surface area contributed by atoms with E-state index in [1.165, 1.54) is 0 Å². The molecular formula is C11H13ClN2. The summed E-state index contributed by atoms with van der Waals surface area (Å²) in [7, 11) is 3.79. The molecule has 0 aliphatic carbocycles. The second-order valence-corrected chi connectivity index (χ2v) is 3.81. The summed E-state index contributed by atoms with van der Waals surface area (Å²) in [5.41, 5.74) is 1.02. The van der Waals surface area contributed by atoms with Crippen LogP contribution in [0.15, 0.2) is 24.3 Å². The fourth-order valence-corrected chi connectivity index (χ4v) is 1.43. The molecule has 1 aromatic rings. The lowest BCUT2D eigenvalue weighted by molar-refractivity contribution is 0.348. The first-order valence-electron chi connectivity index (χ1n) is 4.44. The SMILES string of the molecule is CN(C)C(C#N)Cc1ccccc1Cl. The summed E-state index contributed by atoms with van der Waals surface area (Å²) >= 11 is 6.00. The first-order chi connectivity index (χ1) is 6.65. The molecule has 0 heterocycles. The van der Waals surface area contributed by atoms with Crippen LogP contribution in [0.25, 0.3) is 0 Å². The van der Waals surface area contributed by atoms with E-state index in [1.807, 2.05) is 43.3 Å². The van der Waals surface area contributed by atoms with Gasteiger partial charge < -0.3 is 0 Å². The number of likely N-dealkylation sites (N-methyl/N-ethyl adjacent to an activating group) is 1. The van der Waals surface area contributed by atoms with Crippen LogP contribution in [0, 0.1) is 11.3 Å². The smallest absolute Gasteiger partial charge is 0.101 e. The van der Waals surface area contributed by atoms with Crippen molar-refractivity contribution in [3.8, 4) is 6.07 Å². The van der Waals surface area contributed by atoms with Gasteiger partial charge in [0.05, 0.1) is 6.07 Å². The van der Waals surface area contributed by atoms with Gasteiger partial charge in [0.15, 0.2) is 0 Å². The Balaban J connectivity index is 2.78. The summed E-state index contributed by atoms with van der Waals surface area (Å²) in [6.07, 6.45) is 0.670. The van der Waals surface area contributed by atoms with Crippen LogP contribution >= 0.6 is 11.6 Å². The van der Waals surface area contributed by atoms with E-state index in [9.17, 15) is 0 Å². The summed E-state index contributed by atoms with van der Waals surface area (Å²) in [4.78, 5) is 1.89. The van der Waals surface area contributed by atoms with E-state index in [1.54, 1.807) is 0 Å². The lowest BCUT2D eigenvalue weighted by Crippen LogP contribution is -2.28. The standard InChI is InChI=1S/C11H13ClN2/c1-14(2)10(8-13)7-9-5-3-4-6-11(9)12/h3-6,10H,7H2,1-2H3. The topological polar surface area (TPSA) is 27.0 Å². The van der Waals surface area contributed by atoms with Crippen LogP contribution in [0.5, 0.6) is 0 Å². The Morgan fingerprint density at radius 3 is 2.57 bits per heavy atom. The van der Waals surface area contributed by atoms with E-state index in [0.29, 0.717) is 6.42 Å². The monoisotopic (exact) mass is 208 g/mol. The van der Waals surface area contributed by atoms with Gasteiger partial charge in [0.25, 0.3) is 0 Å². The number of nitriles is 1. The number of nitrogens with zero attached hydrogens (tertiary/aromatic N) is 2. The quantitative estimate of drug-likeness (QED) is 0.763. The molecule has 1 unspecified atom stereocenters. The summed E-state index contributed by atoms with van der Waals surface area (Å²) in [6, 6.07) is 9.76. The Bertz CT molecular complexity index is 341. The van der Waals surface area contributed by atoms with Crippen molar-refractivity contribution in [2.45, 2.75) is 12.5 Å². The van der Waals surface area contributed by atoms with Crippen LogP contribution in [0.3, 0.4) is 0 Å². The van der Waals surface area contributed by atoms with E-state index in [2.05, 4.69) is 6.07 Å². The van der Waals surface area contributed by atoms with E-state index in [-0.39, 0.29) is 6.04 Å². The van der Waals surface area contributed by atoms with Crippen LogP contribution in [0.2, 0.25) is 5.02 Å². The zero-order chi connectivity index (χ0) is 10.6. The molecule has 1 rings (SSSR count). The molecule has 1 aromatic carbocycles. The van der Waals surface area contributed by atoms with E-state index >= 15 is 0 Å². The van der Waals surface area contributed by atoms with Crippen molar-refractivity contribution >= 4 is 11.6 Å². The third-order valence-corrected chi connectivity index (χ3v) is 2.51. The second kappa shape index (κ2) is 4.99. The molecule has 74 valence electrons. The fraction of sp³-hybridized carbons (Fsp3) is 0.364. The summed E-state index contributed by atoms with van der Waals surface area (Å²) in [5.74, 6) is 0. The van der Waals surface area contributed by atoms with Crippen LogP contribution in [0.1, 0.15) is 5.56 Å². The Kier molecular flexibility index (Phi) is 3.94. The van der Waals surface area contributed by atoms with Crippen molar-refractivity contribution in [3.05, 3.63) is 34.9 Å². The number of rotatable bonds is 3. The molecule has 0 amide bonds. The third-order valence-electron chi connectivity index (χ3n) is 2.14. The number of hydrogen-bond acceptors (Lipinski definition) is 2. The molecule has 0 bridgehead atoms. The minimum atomic E-state index is -0.116. The Morgan fingerprint density at radius 2 is 2.07 bits per heavy atom. The van der Waals surface area contributed by atoms with Crippen LogP contribution < -0.4 is 0 Å². The maximum atomic E-state index is 8.91. The molecule has 0 aromatic heterocycles. The molecule has 0 saturated carbocycles. The maximum absolute atomic E-state index is 8.91. The van der Waals surface area contributed by atoms with Gasteiger partial charge in [-0.15, -0.1) is 0 Å². The zero-order valence-corrected chi connectivity index (χ0v) is 9.12. The normalized spacial score (nSPS) is 12.5. The van der Waals surface area contributed by atoms with Gasteiger partial charge in [0.1, 0.15) is 6.04 Å². The van der Waals surface area contributed by atoms with E-state index < -0.39 is 0 Å². The average molecular weight is 209 g/mol. The number of halogens is 1. The Hall–Kier alpha value is -1.04. The van der Waals surface area contributed by atoms with Crippen LogP contribution in [-0.2, 0) is 6.42 Å². The molecule has 0 aliphatic heterocycles. The zero-order valence-electron chi connectivity index (χ0n) is 8.37. The van der Waals surface area contributed by atoms with Crippen molar-refractivity contribution in [2.24, 2.45) is 0 Å². The van der Waals surface area contributed by atoms with E-state index in [0.717, 1.165) is 10.6 Å². The molecule has 0 radical (unpaired) electrons. The van der Waals surface area contributed by atoms with Gasteiger partial charge >= 0.3 is 0 Å². The molecule has 0 N–H and O–H groups in total. The van der Waals surface area contributed by atoms with Gasteiger partial charge in [-0.05, 0) is 25.7 Å². The fourth-order valence-electron chi connectivity index (χ4n) is 1.22. The molecule has 1 atom stereocenters. The van der Waals surface area contributed by atoms with Gasteiger partial charge in [0.2, 0.25) is 0 Å². The molecule has 14 heavy (non-hydrogen) atoms. The average Bonchev–Trinajstić information content (AvgIpc) is 2.16. The molecule has 0 aliphatic rings. The Labute approximate surface area is 89.7 Å². The summed E-state index contributed by atoms with van der Waals surface area (Å²) in [5, 5.41) is 9.65. The Morgan fingerprint density at radius 1 is 1.43 bits per heavy atom. The maximum Gasteiger partial charge on any atom is 0.101 e. The van der Waals surface area contributed by atoms with Crippen LogP contribution in [0.4, 0.5) is 0 Å². The molecule has 2 nitrogen and oxygen atoms in total. The van der Waals surface area contributed by atoms with Gasteiger partial charge in [-0.1, -0.05) is 29.8 Å². The second-order valence-electron chi connectivity index (χ2n) is 3.40. The predicted molar refractivity (Wildman–Crippen MR) is 58.2 cm³/mol. The van der Waals surface area contributed by atoms with Crippen molar-refractivity contribution in [1.29, 1.82) is 5.26 Å². The third kappa shape index (κ3) is 2.73. The minimum Gasteiger partial charge on any atom is -0.294 e. The summed E-state index contributed by atoms with van der Waals surface area (Å²) < 4.78 is 0. The molecule has 0 spiro atoms. The minimum absolute atomic E-state index is 0.116. The number of benzene rings is 1. The highest BCUT2D eigenvalue weighted by Gasteiger charge is 2.12. The lowest BCUT2D eigenvalue weighted by atomic mass is 10.1. The molecule has 3 heteroatoms. The summed E-state index contributed by atoms with van der Waals surface area (Å²) in [6.45, 7) is 0. The lowest BCUT2D eigenvalue weighted by Gasteiger charge is -2.17. The first-order valence-corrected chi connectivity index (χ1v) is 4.82. The van der Waals surface area contributed by atoms with Crippen molar-refractivity contribution < 1.29 is 0 Å². The van der Waals surface area contributed by atoms with Gasteiger partial charge in [0, 0.05) is 11.4 Å². The van der Waals surface area contributed by atoms with E-state index in [4.69, 9.17) is 16.9 Å². The largest absolute Gasteiger partial charge is 0.294 e. The number of hydrogen-bond donors (Lipinski definition) is 0. The predicted octanol–water partition coefficient (Wildman–Crippen LogP) is 2.34. The van der Waals surface area contributed by atoms with Crippen LogP contribution in [-0.4, -0.2) is 25.0 Å². The molecule has 0 saturated heterocycles. The highest BCUT2D eigenvalue weighted by atomic mass is 35.5.